The maximum absolute atomic E-state index is 12.4. The number of aryl methyl sites for hydroxylation is 1. The summed E-state index contributed by atoms with van der Waals surface area (Å²) in [5.74, 6) is -0.373. The van der Waals surface area contributed by atoms with E-state index in [-0.39, 0.29) is 17.9 Å². The van der Waals surface area contributed by atoms with Gasteiger partial charge in [0, 0.05) is 16.8 Å². The number of hydrogen-bond donors (Lipinski definition) is 2. The number of amides is 2. The summed E-state index contributed by atoms with van der Waals surface area (Å²) < 4.78 is 0. The van der Waals surface area contributed by atoms with Crippen molar-refractivity contribution in [3.8, 4) is 0 Å². The SMILES string of the molecule is Cc1cccc(NC(=O)c2ccc(C(=O)NC(C)c3ccccc3)cc2)c1. The standard InChI is InChI=1S/C23H22N2O2/c1-16-7-6-10-21(15-16)25-23(27)20-13-11-19(12-14-20)22(26)24-17(2)18-8-4-3-5-9-18/h3-15,17H,1-2H3,(H,24,26)(H,25,27). The molecule has 2 amide bonds. The number of anilines is 1. The fourth-order valence-electron chi connectivity index (χ4n) is 2.80. The highest BCUT2D eigenvalue weighted by atomic mass is 16.2. The third-order valence-corrected chi connectivity index (χ3v) is 4.33. The fourth-order valence-corrected chi connectivity index (χ4v) is 2.80. The molecule has 3 rings (SSSR count). The number of nitrogens with one attached hydrogen (secondary N) is 2. The zero-order chi connectivity index (χ0) is 19.2. The van der Waals surface area contributed by atoms with E-state index >= 15 is 0 Å². The predicted molar refractivity (Wildman–Crippen MR) is 108 cm³/mol. The van der Waals surface area contributed by atoms with Crippen LogP contribution in [0.15, 0.2) is 78.9 Å². The molecule has 0 radical (unpaired) electrons. The minimum absolute atomic E-state index is 0.0944. The minimum atomic E-state index is -0.204. The molecule has 0 spiro atoms. The summed E-state index contributed by atoms with van der Waals surface area (Å²) in [6.45, 7) is 3.91. The number of carbonyl (C=O) groups excluding carboxylic acids is 2. The maximum Gasteiger partial charge on any atom is 0.255 e. The number of carbonyl (C=O) groups is 2. The molecular formula is C23H22N2O2. The molecule has 136 valence electrons. The van der Waals surface area contributed by atoms with Crippen LogP contribution in [0.4, 0.5) is 5.69 Å². The van der Waals surface area contributed by atoms with Gasteiger partial charge in [0.05, 0.1) is 6.04 Å². The van der Waals surface area contributed by atoms with E-state index in [4.69, 9.17) is 0 Å². The average Bonchev–Trinajstić information content (AvgIpc) is 2.68. The molecule has 4 heteroatoms. The molecule has 3 aromatic rings. The molecular weight excluding hydrogens is 336 g/mol. The minimum Gasteiger partial charge on any atom is -0.346 e. The normalized spacial score (nSPS) is 11.5. The van der Waals surface area contributed by atoms with Gasteiger partial charge in [0.2, 0.25) is 0 Å². The predicted octanol–water partition coefficient (Wildman–Crippen LogP) is 4.74. The molecule has 0 fully saturated rings. The maximum atomic E-state index is 12.4. The van der Waals surface area contributed by atoms with Gasteiger partial charge >= 0.3 is 0 Å². The van der Waals surface area contributed by atoms with Crippen LogP contribution in [0.1, 0.15) is 44.8 Å². The third kappa shape index (κ3) is 4.82. The van der Waals surface area contributed by atoms with E-state index in [9.17, 15) is 9.59 Å². The Morgan fingerprint density at radius 1 is 0.778 bits per heavy atom. The first-order chi connectivity index (χ1) is 13.0. The van der Waals surface area contributed by atoms with Crippen molar-refractivity contribution in [3.63, 3.8) is 0 Å². The zero-order valence-corrected chi connectivity index (χ0v) is 15.4. The van der Waals surface area contributed by atoms with Gasteiger partial charge in [-0.1, -0.05) is 42.5 Å². The van der Waals surface area contributed by atoms with Crippen LogP contribution in [-0.2, 0) is 0 Å². The smallest absolute Gasteiger partial charge is 0.255 e. The molecule has 0 heterocycles. The van der Waals surface area contributed by atoms with Gasteiger partial charge in [-0.15, -0.1) is 0 Å². The summed E-state index contributed by atoms with van der Waals surface area (Å²) >= 11 is 0. The number of benzene rings is 3. The first kappa shape index (κ1) is 18.4. The van der Waals surface area contributed by atoms with E-state index in [1.165, 1.54) is 0 Å². The van der Waals surface area contributed by atoms with Crippen molar-refractivity contribution in [2.45, 2.75) is 19.9 Å². The van der Waals surface area contributed by atoms with Gasteiger partial charge in [0.15, 0.2) is 0 Å². The highest BCUT2D eigenvalue weighted by Crippen LogP contribution is 2.14. The lowest BCUT2D eigenvalue weighted by Crippen LogP contribution is -2.26. The fraction of sp³-hybridized carbons (Fsp3) is 0.130. The molecule has 27 heavy (non-hydrogen) atoms. The van der Waals surface area contributed by atoms with Crippen LogP contribution in [0.25, 0.3) is 0 Å². The van der Waals surface area contributed by atoms with Gasteiger partial charge in [-0.2, -0.15) is 0 Å². The Balaban J connectivity index is 1.64. The van der Waals surface area contributed by atoms with E-state index in [1.54, 1.807) is 24.3 Å². The molecule has 0 saturated heterocycles. The van der Waals surface area contributed by atoms with E-state index in [1.807, 2.05) is 68.4 Å². The highest BCUT2D eigenvalue weighted by molar-refractivity contribution is 6.05. The second-order valence-corrected chi connectivity index (χ2v) is 6.51. The molecule has 2 N–H and O–H groups in total. The number of rotatable bonds is 5. The molecule has 4 nitrogen and oxygen atoms in total. The second-order valence-electron chi connectivity index (χ2n) is 6.51. The lowest BCUT2D eigenvalue weighted by Gasteiger charge is -2.14. The van der Waals surface area contributed by atoms with Crippen molar-refractivity contribution >= 4 is 17.5 Å². The Labute approximate surface area is 159 Å². The topological polar surface area (TPSA) is 58.2 Å². The van der Waals surface area contributed by atoms with Gasteiger partial charge in [-0.3, -0.25) is 9.59 Å². The summed E-state index contributed by atoms with van der Waals surface area (Å²) in [7, 11) is 0. The molecule has 0 saturated carbocycles. The van der Waals surface area contributed by atoms with Gasteiger partial charge < -0.3 is 10.6 Å². The van der Waals surface area contributed by atoms with Crippen LogP contribution < -0.4 is 10.6 Å². The van der Waals surface area contributed by atoms with E-state index in [0.717, 1.165) is 16.8 Å². The van der Waals surface area contributed by atoms with Crippen LogP contribution in [0.5, 0.6) is 0 Å². The zero-order valence-electron chi connectivity index (χ0n) is 15.4. The Morgan fingerprint density at radius 2 is 1.41 bits per heavy atom. The van der Waals surface area contributed by atoms with Crippen molar-refractivity contribution in [3.05, 3.63) is 101 Å². The molecule has 0 aliphatic carbocycles. The van der Waals surface area contributed by atoms with Gasteiger partial charge in [-0.05, 0) is 61.4 Å². The highest BCUT2D eigenvalue weighted by Gasteiger charge is 2.12. The van der Waals surface area contributed by atoms with Crippen molar-refractivity contribution in [1.29, 1.82) is 0 Å². The van der Waals surface area contributed by atoms with Gasteiger partial charge in [-0.25, -0.2) is 0 Å². The van der Waals surface area contributed by atoms with E-state index < -0.39 is 0 Å². The van der Waals surface area contributed by atoms with Crippen LogP contribution in [0, 0.1) is 6.92 Å². The first-order valence-corrected chi connectivity index (χ1v) is 8.87. The van der Waals surface area contributed by atoms with Gasteiger partial charge in [0.25, 0.3) is 11.8 Å². The molecule has 0 bridgehead atoms. The molecule has 0 aliphatic heterocycles. The molecule has 1 unspecified atom stereocenters. The van der Waals surface area contributed by atoms with Crippen LogP contribution >= 0.6 is 0 Å². The summed E-state index contributed by atoms with van der Waals surface area (Å²) in [4.78, 5) is 24.8. The van der Waals surface area contributed by atoms with Gasteiger partial charge in [0.1, 0.15) is 0 Å². The summed E-state index contributed by atoms with van der Waals surface area (Å²) in [6, 6.07) is 24.0. The van der Waals surface area contributed by atoms with E-state index in [2.05, 4.69) is 10.6 Å². The lowest BCUT2D eigenvalue weighted by molar-refractivity contribution is 0.0938. The van der Waals surface area contributed by atoms with E-state index in [0.29, 0.717) is 11.1 Å². The Morgan fingerprint density at radius 3 is 2.04 bits per heavy atom. The van der Waals surface area contributed by atoms with Crippen molar-refractivity contribution in [2.24, 2.45) is 0 Å². The average molecular weight is 358 g/mol. The summed E-state index contributed by atoms with van der Waals surface area (Å²) in [6.07, 6.45) is 0. The second kappa shape index (κ2) is 8.32. The monoisotopic (exact) mass is 358 g/mol. The molecule has 1 atom stereocenters. The van der Waals surface area contributed by atoms with Crippen LogP contribution in [-0.4, -0.2) is 11.8 Å². The summed E-state index contributed by atoms with van der Waals surface area (Å²) in [5, 5.41) is 5.83. The summed E-state index contributed by atoms with van der Waals surface area (Å²) in [5.41, 5.74) is 3.89. The van der Waals surface area contributed by atoms with Crippen LogP contribution in [0.3, 0.4) is 0 Å². The van der Waals surface area contributed by atoms with Crippen molar-refractivity contribution < 1.29 is 9.59 Å². The van der Waals surface area contributed by atoms with Crippen LogP contribution in [0.2, 0.25) is 0 Å². The quantitative estimate of drug-likeness (QED) is 0.692. The molecule has 3 aromatic carbocycles. The third-order valence-electron chi connectivity index (χ3n) is 4.33. The Bertz CT molecular complexity index is 934. The van der Waals surface area contributed by atoms with Crippen molar-refractivity contribution in [1.82, 2.24) is 5.32 Å². The van der Waals surface area contributed by atoms with Crippen molar-refractivity contribution in [2.75, 3.05) is 5.32 Å². The lowest BCUT2D eigenvalue weighted by atomic mass is 10.1. The largest absolute Gasteiger partial charge is 0.346 e. The molecule has 0 aliphatic rings. The number of hydrogen-bond acceptors (Lipinski definition) is 2. The Hall–Kier alpha value is -3.40. The first-order valence-electron chi connectivity index (χ1n) is 8.87. The molecule has 0 aromatic heterocycles. The Kier molecular flexibility index (Phi) is 5.67.